The molecular formula is C52H81NO5. The summed E-state index contributed by atoms with van der Waals surface area (Å²) in [7, 11) is 0. The number of carbonyl (C=O) groups excluding carboxylic acids is 2. The highest BCUT2D eigenvalue weighted by Gasteiger charge is 2.23. The predicted molar refractivity (Wildman–Crippen MR) is 249 cm³/mol. The van der Waals surface area contributed by atoms with Gasteiger partial charge < -0.3 is 20.3 Å². The van der Waals surface area contributed by atoms with Crippen molar-refractivity contribution >= 4 is 11.9 Å². The maximum absolute atomic E-state index is 13.1. The second kappa shape index (κ2) is 44.1. The van der Waals surface area contributed by atoms with E-state index in [0.717, 1.165) is 64.2 Å². The van der Waals surface area contributed by atoms with E-state index in [4.69, 9.17) is 4.74 Å². The van der Waals surface area contributed by atoms with E-state index in [2.05, 4.69) is 92.9 Å². The molecule has 0 bridgehead atoms. The fourth-order valence-corrected chi connectivity index (χ4v) is 5.75. The highest BCUT2D eigenvalue weighted by atomic mass is 16.5. The minimum Gasteiger partial charge on any atom is -0.458 e. The van der Waals surface area contributed by atoms with Crippen LogP contribution in [0.3, 0.4) is 0 Å². The summed E-state index contributed by atoms with van der Waals surface area (Å²) in [5, 5.41) is 23.5. The number of hydrogen-bond donors (Lipinski definition) is 3. The Morgan fingerprint density at radius 2 is 1.02 bits per heavy atom. The maximum atomic E-state index is 13.1. The summed E-state index contributed by atoms with van der Waals surface area (Å²) in [6.45, 7) is 6.11. The Labute approximate surface area is 354 Å². The Bertz CT molecular complexity index is 1310. The van der Waals surface area contributed by atoms with Gasteiger partial charge in [-0.2, -0.15) is 0 Å². The van der Waals surface area contributed by atoms with E-state index < -0.39 is 18.2 Å². The molecule has 0 spiro atoms. The standard InChI is InChI=1S/C52H81NO5/c1-4-7-10-13-16-19-21-23-24-25-26-28-29-32-34-37-40-43-48(58-52(57)45-42-39-36-33-30-27-22-20-17-14-11-8-5-2)46-51(56)53-49(47-54)50(55)44-41-38-35-31-18-15-12-9-6-3/h7-8,10-11,14,16-17,19-20,22-24,26-28,30,32-34,36,40,43,48-50,54-55H,4-6,9,12-13,15,18,21,25,29,31,35,37-39,41-42,44-47H2,1-3H3,(H,53,56)/b10-7-,11-8+,17-14+,19-16-,22-20-,24-23-,28-26-,30-27-,34-32-,36-33+,43-40-. The molecule has 0 fully saturated rings. The van der Waals surface area contributed by atoms with Gasteiger partial charge in [0.25, 0.3) is 0 Å². The van der Waals surface area contributed by atoms with Crippen molar-refractivity contribution in [2.45, 2.75) is 174 Å². The zero-order valence-corrected chi connectivity index (χ0v) is 36.6. The number of rotatable bonds is 37. The second-order valence-electron chi connectivity index (χ2n) is 14.5. The molecule has 0 aliphatic rings. The summed E-state index contributed by atoms with van der Waals surface area (Å²) in [5.41, 5.74) is 0. The third kappa shape index (κ3) is 38.9. The molecule has 3 atom stereocenters. The van der Waals surface area contributed by atoms with Crippen molar-refractivity contribution in [3.63, 3.8) is 0 Å². The number of ether oxygens (including phenoxy) is 1. The fraction of sp³-hybridized carbons (Fsp3) is 0.538. The molecule has 0 rings (SSSR count). The van der Waals surface area contributed by atoms with Crippen LogP contribution in [-0.2, 0) is 14.3 Å². The Morgan fingerprint density at radius 1 is 0.552 bits per heavy atom. The lowest BCUT2D eigenvalue weighted by Crippen LogP contribution is -2.46. The number of allylic oxidation sites excluding steroid dienone is 21. The van der Waals surface area contributed by atoms with Gasteiger partial charge in [-0.05, 0) is 70.3 Å². The first-order chi connectivity index (χ1) is 28.5. The molecule has 0 aliphatic carbocycles. The average Bonchev–Trinajstić information content (AvgIpc) is 3.22. The summed E-state index contributed by atoms with van der Waals surface area (Å²) >= 11 is 0. The molecule has 0 saturated heterocycles. The minimum absolute atomic E-state index is 0.0859. The number of aliphatic hydroxyl groups excluding tert-OH is 2. The lowest BCUT2D eigenvalue weighted by atomic mass is 10.0. The normalized spacial score (nSPS) is 14.6. The molecule has 0 heterocycles. The number of amides is 1. The first-order valence-corrected chi connectivity index (χ1v) is 22.5. The van der Waals surface area contributed by atoms with Crippen LogP contribution in [0.1, 0.15) is 156 Å². The van der Waals surface area contributed by atoms with E-state index in [1.807, 2.05) is 60.8 Å². The molecule has 1 amide bonds. The van der Waals surface area contributed by atoms with Crippen LogP contribution in [0.25, 0.3) is 0 Å². The number of esters is 1. The monoisotopic (exact) mass is 800 g/mol. The molecule has 324 valence electrons. The molecule has 0 aromatic heterocycles. The number of aliphatic hydroxyl groups is 2. The van der Waals surface area contributed by atoms with Crippen LogP contribution < -0.4 is 5.32 Å². The predicted octanol–water partition coefficient (Wildman–Crippen LogP) is 13.1. The lowest BCUT2D eigenvalue weighted by molar-refractivity contribution is -0.148. The number of unbranched alkanes of at least 4 members (excludes halogenated alkanes) is 9. The van der Waals surface area contributed by atoms with E-state index in [9.17, 15) is 19.8 Å². The van der Waals surface area contributed by atoms with E-state index in [0.29, 0.717) is 19.3 Å². The van der Waals surface area contributed by atoms with E-state index >= 15 is 0 Å². The van der Waals surface area contributed by atoms with Gasteiger partial charge in [0.2, 0.25) is 5.91 Å². The third-order valence-electron chi connectivity index (χ3n) is 9.10. The summed E-state index contributed by atoms with van der Waals surface area (Å²) in [6.07, 6.45) is 62.6. The minimum atomic E-state index is -0.839. The van der Waals surface area contributed by atoms with Gasteiger partial charge in [-0.3, -0.25) is 9.59 Å². The van der Waals surface area contributed by atoms with Crippen LogP contribution in [0, 0.1) is 0 Å². The zero-order chi connectivity index (χ0) is 42.4. The van der Waals surface area contributed by atoms with E-state index in [1.54, 1.807) is 6.08 Å². The highest BCUT2D eigenvalue weighted by Crippen LogP contribution is 2.14. The van der Waals surface area contributed by atoms with Crippen molar-refractivity contribution in [1.29, 1.82) is 0 Å². The van der Waals surface area contributed by atoms with Gasteiger partial charge in [-0.15, -0.1) is 0 Å². The smallest absolute Gasteiger partial charge is 0.306 e. The molecule has 0 aliphatic heterocycles. The van der Waals surface area contributed by atoms with Gasteiger partial charge >= 0.3 is 5.97 Å². The van der Waals surface area contributed by atoms with E-state index in [-0.39, 0.29) is 31.3 Å². The largest absolute Gasteiger partial charge is 0.458 e. The average molecular weight is 800 g/mol. The topological polar surface area (TPSA) is 95.9 Å². The molecule has 3 N–H and O–H groups in total. The molecule has 0 saturated carbocycles. The summed E-state index contributed by atoms with van der Waals surface area (Å²) in [4.78, 5) is 25.9. The Hall–Kier alpha value is -4.00. The first-order valence-electron chi connectivity index (χ1n) is 22.5. The molecule has 3 unspecified atom stereocenters. The van der Waals surface area contributed by atoms with Crippen molar-refractivity contribution in [1.82, 2.24) is 5.32 Å². The number of hydrogen-bond acceptors (Lipinski definition) is 5. The van der Waals surface area contributed by atoms with Crippen LogP contribution >= 0.6 is 0 Å². The quantitative estimate of drug-likeness (QED) is 0.0252. The fourth-order valence-electron chi connectivity index (χ4n) is 5.75. The number of carbonyl (C=O) groups is 2. The molecule has 0 radical (unpaired) electrons. The van der Waals surface area contributed by atoms with Crippen LogP contribution in [0.4, 0.5) is 0 Å². The highest BCUT2D eigenvalue weighted by molar-refractivity contribution is 5.78. The summed E-state index contributed by atoms with van der Waals surface area (Å²) < 4.78 is 5.75. The molecule has 6 nitrogen and oxygen atoms in total. The lowest BCUT2D eigenvalue weighted by Gasteiger charge is -2.23. The van der Waals surface area contributed by atoms with Gasteiger partial charge in [-0.1, -0.05) is 206 Å². The molecular weight excluding hydrogens is 719 g/mol. The Balaban J connectivity index is 4.98. The van der Waals surface area contributed by atoms with Crippen LogP contribution in [-0.4, -0.2) is 46.9 Å². The Morgan fingerprint density at radius 3 is 1.53 bits per heavy atom. The molecule has 58 heavy (non-hydrogen) atoms. The molecule has 0 aromatic rings. The first kappa shape index (κ1) is 54.0. The van der Waals surface area contributed by atoms with Crippen LogP contribution in [0.15, 0.2) is 134 Å². The van der Waals surface area contributed by atoms with Crippen molar-refractivity contribution in [2.75, 3.05) is 6.61 Å². The summed E-state index contributed by atoms with van der Waals surface area (Å²) in [6, 6.07) is -0.765. The maximum Gasteiger partial charge on any atom is 0.306 e. The van der Waals surface area contributed by atoms with Crippen molar-refractivity contribution in [3.8, 4) is 0 Å². The second-order valence-corrected chi connectivity index (χ2v) is 14.5. The van der Waals surface area contributed by atoms with Gasteiger partial charge in [0.15, 0.2) is 0 Å². The number of nitrogens with one attached hydrogen (secondary N) is 1. The Kier molecular flexibility index (Phi) is 41.1. The van der Waals surface area contributed by atoms with Gasteiger partial charge in [0, 0.05) is 6.42 Å². The van der Waals surface area contributed by atoms with E-state index in [1.165, 1.54) is 38.5 Å². The van der Waals surface area contributed by atoms with Crippen molar-refractivity contribution in [3.05, 3.63) is 134 Å². The van der Waals surface area contributed by atoms with Crippen LogP contribution in [0.5, 0.6) is 0 Å². The zero-order valence-electron chi connectivity index (χ0n) is 36.6. The molecule has 6 heteroatoms. The van der Waals surface area contributed by atoms with Gasteiger partial charge in [0.1, 0.15) is 6.10 Å². The van der Waals surface area contributed by atoms with Crippen molar-refractivity contribution < 1.29 is 24.5 Å². The molecule has 0 aromatic carbocycles. The SMILES string of the molecule is CC/C=C\C/C=C\C/C=C\C/C=C\C/C=C\C/C=C\C(CC(=O)NC(CO)C(O)CCCCCCCCCCC)OC(=O)CCC/C=C/C=C\C=C/C=C/C=C/CC. The van der Waals surface area contributed by atoms with Crippen molar-refractivity contribution in [2.24, 2.45) is 0 Å². The van der Waals surface area contributed by atoms with Crippen LogP contribution in [0.2, 0.25) is 0 Å². The van der Waals surface area contributed by atoms with Gasteiger partial charge in [-0.25, -0.2) is 0 Å². The third-order valence-corrected chi connectivity index (χ3v) is 9.10. The summed E-state index contributed by atoms with van der Waals surface area (Å²) in [5.74, 6) is -0.739. The van der Waals surface area contributed by atoms with Gasteiger partial charge in [0.05, 0.1) is 25.2 Å².